The van der Waals surface area contributed by atoms with E-state index in [2.05, 4.69) is 20.8 Å². The van der Waals surface area contributed by atoms with Gasteiger partial charge in [-0.2, -0.15) is 0 Å². The molecule has 4 rings (SSSR count). The fourth-order valence-corrected chi connectivity index (χ4v) is 8.60. The molecule has 4 heteroatoms. The topological polar surface area (TPSA) is 86.7 Å². The van der Waals surface area contributed by atoms with Crippen LogP contribution in [0.3, 0.4) is 0 Å². The van der Waals surface area contributed by atoms with Crippen LogP contribution >= 0.6 is 0 Å². The molecule has 0 saturated heterocycles. The zero-order valence-corrected chi connectivity index (χ0v) is 17.5. The highest BCUT2D eigenvalue weighted by molar-refractivity contribution is 5.14. The van der Waals surface area contributed by atoms with Crippen molar-refractivity contribution in [3.8, 4) is 0 Å². The summed E-state index contributed by atoms with van der Waals surface area (Å²) >= 11 is 0. The maximum absolute atomic E-state index is 11.4. The van der Waals surface area contributed by atoms with Gasteiger partial charge in [0.2, 0.25) is 0 Å². The maximum Gasteiger partial charge on any atom is 0.0602 e. The predicted octanol–water partition coefficient (Wildman–Crippen LogP) is 2.93. The third kappa shape index (κ3) is 2.85. The van der Waals surface area contributed by atoms with E-state index in [1.807, 2.05) is 0 Å². The fourth-order valence-electron chi connectivity index (χ4n) is 8.60. The molecule has 0 aromatic rings. The van der Waals surface area contributed by atoms with Gasteiger partial charge in [-0.15, -0.1) is 0 Å². The summed E-state index contributed by atoms with van der Waals surface area (Å²) in [5, 5.41) is 32.9. The number of hydrogen-bond donors (Lipinski definition) is 4. The Kier molecular flexibility index (Phi) is 5.19. The van der Waals surface area contributed by atoms with Crippen molar-refractivity contribution in [3.63, 3.8) is 0 Å². The zero-order valence-electron chi connectivity index (χ0n) is 17.5. The van der Waals surface area contributed by atoms with Crippen molar-refractivity contribution in [1.29, 1.82) is 0 Å². The van der Waals surface area contributed by atoms with Crippen molar-refractivity contribution in [1.82, 2.24) is 0 Å². The van der Waals surface area contributed by atoms with Crippen molar-refractivity contribution in [2.45, 2.75) is 90.4 Å². The van der Waals surface area contributed by atoms with E-state index in [9.17, 15) is 15.3 Å². The lowest BCUT2D eigenvalue weighted by molar-refractivity contribution is -0.206. The SMILES string of the molecule is C[C@H](CCN)[C@H]1CC[C@H]2[C@@H]3[C@H](O)C[C@@H]4C[C@H](O)CC[C@]4(C)[C@H]3C[C@H](O)[C@]12C. The van der Waals surface area contributed by atoms with E-state index in [4.69, 9.17) is 5.73 Å². The first kappa shape index (κ1) is 20.1. The Morgan fingerprint density at radius 2 is 1.74 bits per heavy atom. The molecular weight excluding hydrogens is 338 g/mol. The summed E-state index contributed by atoms with van der Waals surface area (Å²) < 4.78 is 0. The first-order valence-electron chi connectivity index (χ1n) is 11.5. The van der Waals surface area contributed by atoms with Gasteiger partial charge >= 0.3 is 0 Å². The Balaban J connectivity index is 1.66. The molecule has 4 saturated carbocycles. The lowest BCUT2D eigenvalue weighted by Gasteiger charge is -2.63. The highest BCUT2D eigenvalue weighted by Crippen LogP contribution is 2.68. The predicted molar refractivity (Wildman–Crippen MR) is 107 cm³/mol. The number of fused-ring (bicyclic) bond motifs is 5. The van der Waals surface area contributed by atoms with Gasteiger partial charge in [-0.3, -0.25) is 0 Å². The third-order valence-corrected chi connectivity index (χ3v) is 10.1. The minimum absolute atomic E-state index is 0.0892. The summed E-state index contributed by atoms with van der Waals surface area (Å²) in [5.74, 6) is 2.54. The number of hydrogen-bond acceptors (Lipinski definition) is 4. The van der Waals surface area contributed by atoms with Gasteiger partial charge in [0.15, 0.2) is 0 Å². The quantitative estimate of drug-likeness (QED) is 0.607. The van der Waals surface area contributed by atoms with Gasteiger partial charge in [-0.25, -0.2) is 0 Å². The summed E-state index contributed by atoms with van der Waals surface area (Å²) in [4.78, 5) is 0. The number of rotatable bonds is 3. The van der Waals surface area contributed by atoms with Gasteiger partial charge in [0.25, 0.3) is 0 Å². The van der Waals surface area contributed by atoms with Gasteiger partial charge in [-0.1, -0.05) is 20.8 Å². The second kappa shape index (κ2) is 6.97. The zero-order chi connectivity index (χ0) is 19.6. The molecular formula is C23H41NO3. The maximum atomic E-state index is 11.4. The summed E-state index contributed by atoms with van der Waals surface area (Å²) in [6, 6.07) is 0. The lowest BCUT2D eigenvalue weighted by Crippen LogP contribution is -2.62. The highest BCUT2D eigenvalue weighted by Gasteiger charge is 2.65. The molecule has 4 aliphatic carbocycles. The smallest absolute Gasteiger partial charge is 0.0602 e. The van der Waals surface area contributed by atoms with Gasteiger partial charge in [0.05, 0.1) is 18.3 Å². The molecule has 4 nitrogen and oxygen atoms in total. The molecule has 4 aliphatic rings. The summed E-state index contributed by atoms with van der Waals surface area (Å²) in [6.07, 6.45) is 6.94. The van der Waals surface area contributed by atoms with Crippen LogP contribution in [0.15, 0.2) is 0 Å². The minimum atomic E-state index is -0.286. The first-order valence-corrected chi connectivity index (χ1v) is 11.5. The molecule has 156 valence electrons. The van der Waals surface area contributed by atoms with Crippen molar-refractivity contribution >= 4 is 0 Å². The molecule has 0 amide bonds. The molecule has 4 fully saturated rings. The molecule has 27 heavy (non-hydrogen) atoms. The third-order valence-electron chi connectivity index (χ3n) is 10.1. The van der Waals surface area contributed by atoms with Gasteiger partial charge in [0.1, 0.15) is 0 Å². The molecule has 11 atom stereocenters. The van der Waals surface area contributed by atoms with Crippen LogP contribution in [0.1, 0.15) is 72.1 Å². The van der Waals surface area contributed by atoms with Crippen molar-refractivity contribution < 1.29 is 15.3 Å². The molecule has 5 N–H and O–H groups in total. The Bertz CT molecular complexity index is 556. The van der Waals surface area contributed by atoms with Crippen molar-refractivity contribution in [2.24, 2.45) is 52.1 Å². The van der Waals surface area contributed by atoms with E-state index >= 15 is 0 Å². The monoisotopic (exact) mass is 379 g/mol. The van der Waals surface area contributed by atoms with Gasteiger partial charge in [0, 0.05) is 0 Å². The average molecular weight is 380 g/mol. The van der Waals surface area contributed by atoms with Crippen LogP contribution in [0.2, 0.25) is 0 Å². The highest BCUT2D eigenvalue weighted by atomic mass is 16.3. The van der Waals surface area contributed by atoms with Crippen LogP contribution in [-0.4, -0.2) is 40.2 Å². The minimum Gasteiger partial charge on any atom is -0.393 e. The fraction of sp³-hybridized carbons (Fsp3) is 1.00. The van der Waals surface area contributed by atoms with E-state index in [-0.39, 0.29) is 29.1 Å². The number of aliphatic hydroxyl groups is 3. The molecule has 0 heterocycles. The van der Waals surface area contributed by atoms with Crippen LogP contribution in [0.4, 0.5) is 0 Å². The van der Waals surface area contributed by atoms with Crippen LogP contribution in [0, 0.1) is 46.3 Å². The first-order chi connectivity index (χ1) is 12.7. The summed E-state index contributed by atoms with van der Waals surface area (Å²) in [6.45, 7) is 7.73. The standard InChI is InChI=1S/C23H41NO3/c1-13(7-9-24)16-4-5-17-21-18(12-20(27)23(16,17)3)22(2)8-6-15(25)10-14(22)11-19(21)26/h13-21,25-27H,4-12,24H2,1-3H3/t13-,14+,15-,16-,17+,18+,19-,20+,21+,22+,23-/m1/s1. The number of aliphatic hydroxyl groups excluding tert-OH is 3. The molecule has 0 bridgehead atoms. The van der Waals surface area contributed by atoms with E-state index in [0.717, 1.165) is 51.4 Å². The Labute approximate surface area is 164 Å². The Morgan fingerprint density at radius 3 is 2.44 bits per heavy atom. The van der Waals surface area contributed by atoms with E-state index in [0.29, 0.717) is 42.1 Å². The molecule has 0 aliphatic heterocycles. The molecule has 0 aromatic carbocycles. The van der Waals surface area contributed by atoms with Gasteiger partial charge < -0.3 is 21.1 Å². The Morgan fingerprint density at radius 1 is 1.00 bits per heavy atom. The largest absolute Gasteiger partial charge is 0.393 e. The van der Waals surface area contributed by atoms with Crippen LogP contribution < -0.4 is 5.73 Å². The van der Waals surface area contributed by atoms with Crippen molar-refractivity contribution in [3.05, 3.63) is 0 Å². The normalized spacial score (nSPS) is 56.1. The van der Waals surface area contributed by atoms with Gasteiger partial charge in [-0.05, 0) is 104 Å². The van der Waals surface area contributed by atoms with Crippen LogP contribution in [0.25, 0.3) is 0 Å². The molecule has 0 spiro atoms. The molecule has 0 unspecified atom stereocenters. The Hall–Kier alpha value is -0.160. The summed E-state index contributed by atoms with van der Waals surface area (Å²) in [7, 11) is 0. The van der Waals surface area contributed by atoms with E-state index in [1.54, 1.807) is 0 Å². The summed E-state index contributed by atoms with van der Waals surface area (Å²) in [5.41, 5.74) is 5.92. The van der Waals surface area contributed by atoms with Crippen molar-refractivity contribution in [2.75, 3.05) is 6.54 Å². The van der Waals surface area contributed by atoms with E-state index in [1.165, 1.54) is 0 Å². The molecule has 0 aromatic heterocycles. The number of nitrogens with two attached hydrogens (primary N) is 1. The van der Waals surface area contributed by atoms with E-state index < -0.39 is 0 Å². The van der Waals surface area contributed by atoms with Crippen LogP contribution in [0.5, 0.6) is 0 Å². The second-order valence-electron chi connectivity index (χ2n) is 11.1. The van der Waals surface area contributed by atoms with Crippen LogP contribution in [-0.2, 0) is 0 Å². The molecule has 0 radical (unpaired) electrons. The second-order valence-corrected chi connectivity index (χ2v) is 11.1. The average Bonchev–Trinajstić information content (AvgIpc) is 2.96. The lowest BCUT2D eigenvalue weighted by atomic mass is 9.43.